The van der Waals surface area contributed by atoms with Gasteiger partial charge in [-0.15, -0.1) is 10.2 Å². The lowest BCUT2D eigenvalue weighted by Gasteiger charge is -2.36. The number of hydrogen-bond donors (Lipinski definition) is 0. The Labute approximate surface area is 165 Å². The molecule has 0 aliphatic heterocycles. The van der Waals surface area contributed by atoms with Crippen LogP contribution >= 0.6 is 11.8 Å². The minimum absolute atomic E-state index is 0.0380. The number of esters is 1. The van der Waals surface area contributed by atoms with Crippen molar-refractivity contribution in [1.82, 2.24) is 14.8 Å². The van der Waals surface area contributed by atoms with E-state index >= 15 is 0 Å². The van der Waals surface area contributed by atoms with E-state index in [2.05, 4.69) is 31.0 Å². The number of ether oxygens (including phenoxy) is 1. The summed E-state index contributed by atoms with van der Waals surface area (Å²) in [6.07, 6.45) is 5.07. The summed E-state index contributed by atoms with van der Waals surface area (Å²) in [5.74, 6) is 1.71. The lowest BCUT2D eigenvalue weighted by atomic mass is 9.75. The van der Waals surface area contributed by atoms with Crippen LogP contribution in [0.3, 0.4) is 0 Å². The number of para-hydroxylation sites is 1. The third kappa shape index (κ3) is 4.92. The van der Waals surface area contributed by atoms with Crippen LogP contribution in [-0.2, 0) is 9.53 Å². The molecule has 1 saturated carbocycles. The normalized spacial score (nSPS) is 22.8. The fourth-order valence-electron chi connectivity index (χ4n) is 3.90. The molecule has 27 heavy (non-hydrogen) atoms. The highest BCUT2D eigenvalue weighted by Crippen LogP contribution is 2.35. The third-order valence-electron chi connectivity index (χ3n) is 5.45. The number of thioether (sulfide) groups is 1. The van der Waals surface area contributed by atoms with Crippen molar-refractivity contribution in [2.45, 2.75) is 58.2 Å². The number of carbonyl (C=O) groups excluding carboxylic acids is 1. The first-order valence-electron chi connectivity index (χ1n) is 9.74. The molecule has 0 N–H and O–H groups in total. The molecule has 3 atom stereocenters. The van der Waals surface area contributed by atoms with E-state index in [0.29, 0.717) is 22.9 Å². The van der Waals surface area contributed by atoms with Crippen molar-refractivity contribution in [3.63, 3.8) is 0 Å². The molecule has 0 amide bonds. The van der Waals surface area contributed by atoms with Crippen LogP contribution in [0.1, 0.15) is 45.6 Å². The Kier molecular flexibility index (Phi) is 6.58. The molecular formula is C21H29N3O2S. The lowest BCUT2D eigenvalue weighted by molar-refractivity contribution is -0.152. The molecule has 0 bridgehead atoms. The molecular weight excluding hydrogens is 358 g/mol. The van der Waals surface area contributed by atoms with E-state index in [-0.39, 0.29) is 17.8 Å². The lowest BCUT2D eigenvalue weighted by Crippen LogP contribution is -2.36. The predicted molar refractivity (Wildman–Crippen MR) is 108 cm³/mol. The largest absolute Gasteiger partial charge is 0.461 e. The maximum absolute atomic E-state index is 12.5. The van der Waals surface area contributed by atoms with Gasteiger partial charge in [-0.3, -0.25) is 9.36 Å². The van der Waals surface area contributed by atoms with E-state index in [4.69, 9.17) is 4.74 Å². The van der Waals surface area contributed by atoms with E-state index < -0.39 is 0 Å². The molecule has 0 radical (unpaired) electrons. The van der Waals surface area contributed by atoms with Crippen LogP contribution in [0, 0.1) is 24.7 Å². The van der Waals surface area contributed by atoms with Crippen molar-refractivity contribution in [1.29, 1.82) is 0 Å². The topological polar surface area (TPSA) is 57.0 Å². The van der Waals surface area contributed by atoms with Crippen molar-refractivity contribution >= 4 is 17.7 Å². The highest BCUT2D eigenvalue weighted by atomic mass is 32.2. The van der Waals surface area contributed by atoms with Gasteiger partial charge in [0.2, 0.25) is 0 Å². The summed E-state index contributed by atoms with van der Waals surface area (Å²) >= 11 is 1.38. The summed E-state index contributed by atoms with van der Waals surface area (Å²) in [5.41, 5.74) is 2.16. The smallest absolute Gasteiger partial charge is 0.316 e. The van der Waals surface area contributed by atoms with Gasteiger partial charge in [-0.25, -0.2) is 0 Å². The second kappa shape index (κ2) is 8.91. The summed E-state index contributed by atoms with van der Waals surface area (Å²) in [6.45, 7) is 8.74. The molecule has 0 spiro atoms. The summed E-state index contributed by atoms with van der Waals surface area (Å²) in [5, 5.41) is 8.90. The Hall–Kier alpha value is -1.82. The Morgan fingerprint density at radius 2 is 2.11 bits per heavy atom. The van der Waals surface area contributed by atoms with E-state index in [1.807, 2.05) is 35.8 Å². The van der Waals surface area contributed by atoms with Gasteiger partial charge in [0.25, 0.3) is 0 Å². The van der Waals surface area contributed by atoms with Crippen LogP contribution in [0.25, 0.3) is 5.69 Å². The Morgan fingerprint density at radius 3 is 2.85 bits per heavy atom. The molecule has 1 fully saturated rings. The van der Waals surface area contributed by atoms with Gasteiger partial charge in [-0.2, -0.15) is 0 Å². The van der Waals surface area contributed by atoms with Gasteiger partial charge in [0, 0.05) is 0 Å². The molecule has 2 aromatic rings. The van der Waals surface area contributed by atoms with Crippen molar-refractivity contribution in [3.05, 3.63) is 36.2 Å². The molecule has 1 aliphatic carbocycles. The third-order valence-corrected chi connectivity index (χ3v) is 6.37. The Bertz CT molecular complexity index is 774. The van der Waals surface area contributed by atoms with Crippen molar-refractivity contribution < 1.29 is 9.53 Å². The number of hydrogen-bond acceptors (Lipinski definition) is 5. The minimum Gasteiger partial charge on any atom is -0.461 e. The summed E-state index contributed by atoms with van der Waals surface area (Å²) < 4.78 is 7.81. The van der Waals surface area contributed by atoms with Gasteiger partial charge in [-0.1, -0.05) is 57.2 Å². The summed E-state index contributed by atoms with van der Waals surface area (Å²) in [4.78, 5) is 12.5. The van der Waals surface area contributed by atoms with Crippen LogP contribution in [-0.4, -0.2) is 32.6 Å². The first kappa shape index (κ1) is 19.9. The first-order valence-corrected chi connectivity index (χ1v) is 10.7. The van der Waals surface area contributed by atoms with Crippen LogP contribution in [0.2, 0.25) is 0 Å². The fourth-order valence-corrected chi connectivity index (χ4v) is 4.60. The Balaban J connectivity index is 1.62. The molecule has 146 valence electrons. The van der Waals surface area contributed by atoms with Crippen molar-refractivity contribution in [2.24, 2.45) is 17.8 Å². The van der Waals surface area contributed by atoms with Crippen LogP contribution in [0.4, 0.5) is 0 Å². The van der Waals surface area contributed by atoms with E-state index in [1.165, 1.54) is 18.2 Å². The van der Waals surface area contributed by atoms with Gasteiger partial charge in [-0.05, 0) is 49.1 Å². The molecule has 0 unspecified atom stereocenters. The number of aryl methyl sites for hydroxylation is 1. The van der Waals surface area contributed by atoms with E-state index in [9.17, 15) is 4.79 Å². The van der Waals surface area contributed by atoms with Gasteiger partial charge >= 0.3 is 5.97 Å². The zero-order valence-corrected chi connectivity index (χ0v) is 17.4. The quantitative estimate of drug-likeness (QED) is 0.532. The molecule has 3 rings (SSSR count). The van der Waals surface area contributed by atoms with Crippen molar-refractivity contribution in [2.75, 3.05) is 5.75 Å². The van der Waals surface area contributed by atoms with Crippen LogP contribution in [0.15, 0.2) is 35.7 Å². The SMILES string of the molecule is Cc1ccccc1-n1cnnc1SCC(=O)O[C@H]1C[C@@H](C)CC[C@@H]1C(C)C. The standard InChI is InChI=1S/C21H29N3O2S/c1-14(2)17-10-9-15(3)11-19(17)26-20(25)12-27-21-23-22-13-24(21)18-8-6-5-7-16(18)4/h5-8,13-15,17,19H,9-12H2,1-4H3/t15-,17+,19-/m0/s1. The average Bonchev–Trinajstić information content (AvgIpc) is 3.08. The zero-order chi connectivity index (χ0) is 19.4. The molecule has 1 aromatic heterocycles. The summed E-state index contributed by atoms with van der Waals surface area (Å²) in [6, 6.07) is 8.07. The maximum atomic E-state index is 12.5. The number of rotatable bonds is 6. The highest BCUT2D eigenvalue weighted by molar-refractivity contribution is 7.99. The minimum atomic E-state index is -0.163. The molecule has 5 nitrogen and oxygen atoms in total. The molecule has 0 saturated heterocycles. The van der Waals surface area contributed by atoms with Gasteiger partial charge in [0.1, 0.15) is 12.4 Å². The monoisotopic (exact) mass is 387 g/mol. The predicted octanol–water partition coefficient (Wildman–Crippen LogP) is 4.67. The second-order valence-electron chi connectivity index (χ2n) is 7.91. The number of nitrogens with zero attached hydrogens (tertiary/aromatic N) is 3. The van der Waals surface area contributed by atoms with Gasteiger partial charge in [0.15, 0.2) is 5.16 Å². The highest BCUT2D eigenvalue weighted by Gasteiger charge is 2.33. The Morgan fingerprint density at radius 1 is 1.33 bits per heavy atom. The molecule has 1 aliphatic rings. The molecule has 6 heteroatoms. The molecule has 1 aromatic carbocycles. The number of carbonyl (C=O) groups is 1. The number of aromatic nitrogens is 3. The average molecular weight is 388 g/mol. The zero-order valence-electron chi connectivity index (χ0n) is 16.6. The summed E-state index contributed by atoms with van der Waals surface area (Å²) in [7, 11) is 0. The number of benzene rings is 1. The van der Waals surface area contributed by atoms with Crippen LogP contribution < -0.4 is 0 Å². The van der Waals surface area contributed by atoms with Crippen LogP contribution in [0.5, 0.6) is 0 Å². The van der Waals surface area contributed by atoms with E-state index in [0.717, 1.165) is 24.1 Å². The first-order chi connectivity index (χ1) is 13.0. The van der Waals surface area contributed by atoms with Crippen molar-refractivity contribution in [3.8, 4) is 5.69 Å². The second-order valence-corrected chi connectivity index (χ2v) is 8.86. The molecule has 1 heterocycles. The van der Waals surface area contributed by atoms with Gasteiger partial charge in [0.05, 0.1) is 11.4 Å². The van der Waals surface area contributed by atoms with E-state index in [1.54, 1.807) is 6.33 Å². The maximum Gasteiger partial charge on any atom is 0.316 e. The van der Waals surface area contributed by atoms with Gasteiger partial charge < -0.3 is 4.74 Å². The fraction of sp³-hybridized carbons (Fsp3) is 0.571.